The summed E-state index contributed by atoms with van der Waals surface area (Å²) in [5.41, 5.74) is 19.6. The van der Waals surface area contributed by atoms with Gasteiger partial charge in [0.05, 0.1) is 6.57 Å². The van der Waals surface area contributed by atoms with Crippen molar-refractivity contribution in [3.8, 4) is 11.5 Å². The van der Waals surface area contributed by atoms with Gasteiger partial charge in [0.15, 0.2) is 17.3 Å². The second kappa shape index (κ2) is 42.7. The fraction of sp³-hybridized carbons (Fsp3) is 0.125. The first kappa shape index (κ1) is 78.1. The van der Waals surface area contributed by atoms with Gasteiger partial charge in [-0.2, -0.15) is 0 Å². The fourth-order valence-electron chi connectivity index (χ4n) is 9.14. The van der Waals surface area contributed by atoms with Crippen LogP contribution in [0, 0.1) is 27.3 Å². The van der Waals surface area contributed by atoms with Crippen molar-refractivity contribution in [2.45, 2.75) is 20.8 Å². The number of rotatable bonds is 22. The second-order valence-corrected chi connectivity index (χ2v) is 24.0. The van der Waals surface area contributed by atoms with E-state index in [1.807, 2.05) is 123 Å². The molecule has 2 radical (unpaired) electrons. The van der Waals surface area contributed by atoms with Crippen LogP contribution in [0.25, 0.3) is 53.5 Å². The number of allylic oxidation sites excluding steroid dienone is 6. The van der Waals surface area contributed by atoms with E-state index in [1.54, 1.807) is 66.8 Å². The molecule has 0 fully saturated rings. The molecule has 13 heteroatoms. The molecule has 11 nitrogen and oxygen atoms in total. The van der Waals surface area contributed by atoms with Gasteiger partial charge in [0.1, 0.15) is 11.5 Å². The first-order valence-electron chi connectivity index (χ1n) is 32.8. The van der Waals surface area contributed by atoms with Gasteiger partial charge in [-0.3, -0.25) is 9.59 Å². The van der Waals surface area contributed by atoms with Crippen molar-refractivity contribution < 1.29 is 28.9 Å². The van der Waals surface area contributed by atoms with E-state index in [9.17, 15) is 9.59 Å². The number of hydrogen-bond acceptors (Lipinski definition) is 10. The van der Waals surface area contributed by atoms with Crippen LogP contribution in [0.15, 0.2) is 279 Å². The predicted octanol–water partition coefficient (Wildman–Crippen LogP) is 19.4. The lowest BCUT2D eigenvalue weighted by Gasteiger charge is -2.11. The summed E-state index contributed by atoms with van der Waals surface area (Å²) in [6, 6.07) is 79.3. The minimum absolute atomic E-state index is 0.0868. The van der Waals surface area contributed by atoms with Crippen LogP contribution >= 0.6 is 0 Å². The monoisotopic (exact) mass is 1330 g/mol. The Balaban J connectivity index is 0.000000200. The molecule has 0 amide bonds. The molecule has 0 aliphatic heterocycles. The Hall–Kier alpha value is -11.9. The molecule has 0 spiro atoms. The third-order valence-corrected chi connectivity index (χ3v) is 15.2. The standard InChI is InChI=1S/C19H19BNO3.C19H21N.C17H17BNO3.C17H19N.C16H13N/c1-21(2)17-11-7-15(8-12-17)5-3-4-6-19(22)16-9-13-18(14-10-16)24-20-23;1-16-8-10-17(11-9-16)6-4-5-7-18-12-14-19(15-13-18)20(2)3;1-19(2)15-8-3-13(4-9-15)5-12-17(20)14-6-10-16(11-7-14)22-18-21;1-14-4-6-15(7-5-14)8-9-16-10-12-17(13-11-16)18(2)3;1-13-3-5-14(6-4-13)7-8-15-9-11-16(17-2)12-10-15/h3-14,23H,1-2H3;4-15H,1-3H3;3-12,21H,1-2H3;4-13H,1-3H3;3-12H,1H3/b5-3+,6-4+;6-4+,7-5+;12-5+;9-8+;8-7+. The number of benzene rings is 10. The van der Waals surface area contributed by atoms with Crippen molar-refractivity contribution in [1.29, 1.82) is 0 Å². The Labute approximate surface area is 600 Å². The Bertz CT molecular complexity index is 4360. The van der Waals surface area contributed by atoms with Crippen LogP contribution in [-0.2, 0) is 0 Å². The molecule has 10 aromatic carbocycles. The highest BCUT2D eigenvalue weighted by molar-refractivity contribution is 6.17. The maximum atomic E-state index is 12.1. The van der Waals surface area contributed by atoms with Crippen molar-refractivity contribution in [3.05, 3.63) is 363 Å². The van der Waals surface area contributed by atoms with Crippen LogP contribution in [0.2, 0.25) is 0 Å². The lowest BCUT2D eigenvalue weighted by molar-refractivity contribution is 0.103. The molecule has 0 atom stereocenters. The Morgan fingerprint density at radius 1 is 0.317 bits per heavy atom. The molecule has 0 heterocycles. The molecule has 101 heavy (non-hydrogen) atoms. The number of aryl methyl sites for hydroxylation is 3. The summed E-state index contributed by atoms with van der Waals surface area (Å²) in [6.45, 7) is 13.2. The van der Waals surface area contributed by atoms with E-state index in [1.165, 1.54) is 62.0 Å². The van der Waals surface area contributed by atoms with Crippen molar-refractivity contribution in [3.63, 3.8) is 0 Å². The van der Waals surface area contributed by atoms with Crippen LogP contribution in [-0.4, -0.2) is 93.4 Å². The molecular weight excluding hydrogens is 1240 g/mol. The number of anilines is 4. The van der Waals surface area contributed by atoms with Gasteiger partial charge < -0.3 is 39.0 Å². The van der Waals surface area contributed by atoms with Crippen LogP contribution in [0.3, 0.4) is 0 Å². The second-order valence-electron chi connectivity index (χ2n) is 24.0. The average molecular weight is 1330 g/mol. The zero-order valence-corrected chi connectivity index (χ0v) is 59.6. The number of carbonyl (C=O) groups is 2. The lowest BCUT2D eigenvalue weighted by atomic mass is 10.1. The highest BCUT2D eigenvalue weighted by atomic mass is 16.5. The molecule has 0 saturated carbocycles. The smallest absolute Gasteiger partial charge is 0.537 e. The summed E-state index contributed by atoms with van der Waals surface area (Å²) < 4.78 is 9.60. The van der Waals surface area contributed by atoms with Gasteiger partial charge in [-0.1, -0.05) is 235 Å². The molecule has 0 aliphatic rings. The molecule has 0 bridgehead atoms. The highest BCUT2D eigenvalue weighted by Crippen LogP contribution is 2.21. The van der Waals surface area contributed by atoms with Crippen molar-refractivity contribution in [2.75, 3.05) is 76.0 Å². The normalized spacial score (nSPS) is 10.8. The number of ketones is 2. The van der Waals surface area contributed by atoms with Gasteiger partial charge in [0.25, 0.3) is 0 Å². The summed E-state index contributed by atoms with van der Waals surface area (Å²) in [5, 5.41) is 17.1. The summed E-state index contributed by atoms with van der Waals surface area (Å²) in [4.78, 5) is 35.7. The maximum absolute atomic E-state index is 12.1. The van der Waals surface area contributed by atoms with Crippen molar-refractivity contribution in [1.82, 2.24) is 0 Å². The first-order valence-corrected chi connectivity index (χ1v) is 32.8. The molecule has 0 saturated heterocycles. The van der Waals surface area contributed by atoms with Crippen LogP contribution in [0.4, 0.5) is 28.4 Å². The van der Waals surface area contributed by atoms with Crippen LogP contribution < -0.4 is 28.9 Å². The van der Waals surface area contributed by atoms with Crippen molar-refractivity contribution in [2.24, 2.45) is 0 Å². The molecule has 0 aliphatic carbocycles. The minimum Gasteiger partial charge on any atom is -0.537 e. The third kappa shape index (κ3) is 29.4. The summed E-state index contributed by atoms with van der Waals surface area (Å²) in [6.07, 6.45) is 27.1. The van der Waals surface area contributed by atoms with E-state index in [-0.39, 0.29) is 11.6 Å². The molecular formula is C88H89B2N5O6. The van der Waals surface area contributed by atoms with Gasteiger partial charge in [-0.05, 0) is 174 Å². The molecule has 10 aromatic rings. The zero-order chi connectivity index (χ0) is 72.7. The average Bonchev–Trinajstić information content (AvgIpc) is 1.23. The Morgan fingerprint density at radius 3 is 0.822 bits per heavy atom. The third-order valence-electron chi connectivity index (χ3n) is 15.2. The predicted molar refractivity (Wildman–Crippen MR) is 431 cm³/mol. The minimum atomic E-state index is -0.0952. The molecule has 2 N–H and O–H groups in total. The van der Waals surface area contributed by atoms with E-state index >= 15 is 0 Å². The lowest BCUT2D eigenvalue weighted by Crippen LogP contribution is -2.07. The SMILES string of the molecule is CN(C)c1ccc(/C=C/C(=O)c2ccc(O[B]O)cc2)cc1.CN(C)c1ccc(/C=C/C=C/C(=O)c2ccc(O[B]O)cc2)cc1.Cc1ccc(/C=C/C=C/c2ccc(N(C)C)cc2)cc1.Cc1ccc(/C=C/c2ccc(N(C)C)cc2)cc1.[C-]#[N+]c1ccc(/C=C/c2ccc(C)cc2)cc1. The molecule has 10 rings (SSSR count). The fourth-order valence-corrected chi connectivity index (χ4v) is 9.14. The van der Waals surface area contributed by atoms with Gasteiger partial charge in [0, 0.05) is 90.3 Å². The maximum Gasteiger partial charge on any atom is 0.569 e. The molecule has 0 aromatic heterocycles. The number of carbonyl (C=O) groups excluding carboxylic acids is 2. The Morgan fingerprint density at radius 2 is 0.554 bits per heavy atom. The van der Waals surface area contributed by atoms with E-state index < -0.39 is 0 Å². The zero-order valence-electron chi connectivity index (χ0n) is 59.6. The quantitative estimate of drug-likeness (QED) is 0.0170. The van der Waals surface area contributed by atoms with E-state index in [4.69, 9.17) is 25.9 Å². The van der Waals surface area contributed by atoms with E-state index in [2.05, 4.69) is 234 Å². The van der Waals surface area contributed by atoms with Gasteiger partial charge in [-0.25, -0.2) is 4.85 Å². The Kier molecular flexibility index (Phi) is 33.0. The van der Waals surface area contributed by atoms with Crippen molar-refractivity contribution >= 4 is 104 Å². The van der Waals surface area contributed by atoms with Crippen LogP contribution in [0.5, 0.6) is 11.5 Å². The number of hydrogen-bond donors (Lipinski definition) is 2. The van der Waals surface area contributed by atoms with E-state index in [0.717, 1.165) is 28.1 Å². The largest absolute Gasteiger partial charge is 0.569 e. The summed E-state index contributed by atoms with van der Waals surface area (Å²) >= 11 is 0. The topological polar surface area (TPSA) is 110 Å². The molecule has 508 valence electrons. The number of nitrogens with zero attached hydrogens (tertiary/aromatic N) is 5. The van der Waals surface area contributed by atoms with Gasteiger partial charge in [0.2, 0.25) is 0 Å². The summed E-state index contributed by atoms with van der Waals surface area (Å²) in [7, 11) is 17.4. The first-order chi connectivity index (χ1) is 48.8. The summed E-state index contributed by atoms with van der Waals surface area (Å²) in [5.74, 6) is 0.764. The van der Waals surface area contributed by atoms with Gasteiger partial charge in [-0.15, -0.1) is 0 Å². The van der Waals surface area contributed by atoms with E-state index in [0.29, 0.717) is 43.7 Å². The highest BCUT2D eigenvalue weighted by Gasteiger charge is 2.05. The van der Waals surface area contributed by atoms with Crippen LogP contribution in [0.1, 0.15) is 81.9 Å². The molecule has 0 unspecified atom stereocenters. The van der Waals surface area contributed by atoms with Gasteiger partial charge >= 0.3 is 15.4 Å².